The zero-order valence-electron chi connectivity index (χ0n) is 19.6. The van der Waals surface area contributed by atoms with E-state index >= 15 is 0 Å². The van der Waals surface area contributed by atoms with Gasteiger partial charge in [-0.2, -0.15) is 4.31 Å². The molecule has 4 aromatic rings. The molecule has 1 amide bonds. The maximum absolute atomic E-state index is 12.9. The standard InChI is InChI=1S/C24H26N4O6S/c1-4-13-28(14-5-2)35(30,31)18-11-9-16(10-12-18)22(29)25-24-27-26-23(34-24)20-15-17-7-6-8-19(32-3)21(17)33-20/h6-12,15H,4-5,13-14H2,1-3H3,(H,25,27,29). The largest absolute Gasteiger partial charge is 0.493 e. The van der Waals surface area contributed by atoms with Crippen LogP contribution in [0.5, 0.6) is 5.75 Å². The van der Waals surface area contributed by atoms with Crippen LogP contribution < -0.4 is 10.1 Å². The lowest BCUT2D eigenvalue weighted by Gasteiger charge is -2.21. The number of fused-ring (bicyclic) bond motifs is 1. The Morgan fingerprint density at radius 1 is 1.03 bits per heavy atom. The van der Waals surface area contributed by atoms with E-state index in [0.29, 0.717) is 43.0 Å². The molecule has 0 saturated heterocycles. The number of nitrogens with one attached hydrogen (secondary N) is 1. The molecule has 0 radical (unpaired) electrons. The highest BCUT2D eigenvalue weighted by atomic mass is 32.2. The molecule has 184 valence electrons. The molecule has 2 heterocycles. The van der Waals surface area contributed by atoms with Crippen molar-refractivity contribution in [2.24, 2.45) is 0 Å². The molecule has 0 aliphatic carbocycles. The SMILES string of the molecule is CCCN(CCC)S(=O)(=O)c1ccc(C(=O)Nc2nnc(-c3cc4cccc(OC)c4o3)o2)cc1. The molecule has 2 aromatic heterocycles. The van der Waals surface area contributed by atoms with Crippen molar-refractivity contribution < 1.29 is 26.8 Å². The number of methoxy groups -OCH3 is 1. The molecule has 0 spiro atoms. The van der Waals surface area contributed by atoms with E-state index in [2.05, 4.69) is 15.5 Å². The summed E-state index contributed by atoms with van der Waals surface area (Å²) in [6.07, 6.45) is 1.43. The van der Waals surface area contributed by atoms with Crippen molar-refractivity contribution in [3.05, 3.63) is 54.1 Å². The summed E-state index contributed by atoms with van der Waals surface area (Å²) in [6, 6.07) is 12.8. The number of nitrogens with zero attached hydrogens (tertiary/aromatic N) is 3. The Labute approximate surface area is 202 Å². The van der Waals surface area contributed by atoms with Crippen molar-refractivity contribution >= 4 is 32.9 Å². The van der Waals surface area contributed by atoms with Crippen LogP contribution in [0.4, 0.5) is 6.01 Å². The number of carbonyl (C=O) groups excluding carboxylic acids is 1. The summed E-state index contributed by atoms with van der Waals surface area (Å²) >= 11 is 0. The zero-order chi connectivity index (χ0) is 25.0. The fourth-order valence-electron chi connectivity index (χ4n) is 3.62. The van der Waals surface area contributed by atoms with Gasteiger partial charge in [-0.3, -0.25) is 10.1 Å². The van der Waals surface area contributed by atoms with Crippen LogP contribution in [0.1, 0.15) is 37.0 Å². The second-order valence-electron chi connectivity index (χ2n) is 7.78. The van der Waals surface area contributed by atoms with E-state index in [9.17, 15) is 13.2 Å². The summed E-state index contributed by atoms with van der Waals surface area (Å²) in [5.41, 5.74) is 0.787. The number of carbonyl (C=O) groups is 1. The van der Waals surface area contributed by atoms with E-state index in [0.717, 1.165) is 5.39 Å². The van der Waals surface area contributed by atoms with Crippen molar-refractivity contribution in [1.29, 1.82) is 0 Å². The first-order valence-electron chi connectivity index (χ1n) is 11.2. The molecule has 1 N–H and O–H groups in total. The molecular formula is C24H26N4O6S. The van der Waals surface area contributed by atoms with Crippen LogP contribution in [0.25, 0.3) is 22.6 Å². The van der Waals surface area contributed by atoms with Gasteiger partial charge in [-0.05, 0) is 49.2 Å². The predicted molar refractivity (Wildman–Crippen MR) is 130 cm³/mol. The van der Waals surface area contributed by atoms with E-state index in [4.69, 9.17) is 13.6 Å². The van der Waals surface area contributed by atoms with Gasteiger partial charge in [0, 0.05) is 24.0 Å². The van der Waals surface area contributed by atoms with Crippen LogP contribution in [0.2, 0.25) is 0 Å². The Morgan fingerprint density at radius 3 is 2.40 bits per heavy atom. The van der Waals surface area contributed by atoms with Crippen molar-refractivity contribution in [3.8, 4) is 17.4 Å². The molecule has 0 saturated carbocycles. The normalized spacial score (nSPS) is 11.8. The van der Waals surface area contributed by atoms with Crippen molar-refractivity contribution in [3.63, 3.8) is 0 Å². The van der Waals surface area contributed by atoms with Crippen LogP contribution in [0.15, 0.2) is 62.3 Å². The van der Waals surface area contributed by atoms with Crippen LogP contribution >= 0.6 is 0 Å². The monoisotopic (exact) mass is 498 g/mol. The van der Waals surface area contributed by atoms with E-state index in [1.807, 2.05) is 26.0 Å². The van der Waals surface area contributed by atoms with Gasteiger partial charge >= 0.3 is 6.01 Å². The summed E-state index contributed by atoms with van der Waals surface area (Å²) in [5.74, 6) is 0.469. The number of hydrogen-bond donors (Lipinski definition) is 1. The molecule has 0 aliphatic heterocycles. The van der Waals surface area contributed by atoms with E-state index in [-0.39, 0.29) is 22.4 Å². The van der Waals surface area contributed by atoms with Crippen molar-refractivity contribution in [1.82, 2.24) is 14.5 Å². The van der Waals surface area contributed by atoms with Crippen LogP contribution in [0.3, 0.4) is 0 Å². The van der Waals surface area contributed by atoms with Crippen LogP contribution in [0, 0.1) is 0 Å². The number of furan rings is 1. The zero-order valence-corrected chi connectivity index (χ0v) is 20.5. The van der Waals surface area contributed by atoms with Gasteiger partial charge in [0.25, 0.3) is 11.8 Å². The molecule has 2 aromatic carbocycles. The number of hydrogen-bond acceptors (Lipinski definition) is 8. The average Bonchev–Trinajstić information content (AvgIpc) is 3.50. The van der Waals surface area contributed by atoms with Crippen molar-refractivity contribution in [2.45, 2.75) is 31.6 Å². The van der Waals surface area contributed by atoms with Gasteiger partial charge in [0.15, 0.2) is 17.1 Å². The van der Waals surface area contributed by atoms with Gasteiger partial charge in [-0.15, -0.1) is 5.10 Å². The molecule has 35 heavy (non-hydrogen) atoms. The summed E-state index contributed by atoms with van der Waals surface area (Å²) < 4.78 is 43.9. The fraction of sp³-hybridized carbons (Fsp3) is 0.292. The van der Waals surface area contributed by atoms with Gasteiger partial charge in [0.1, 0.15) is 0 Å². The first kappa shape index (κ1) is 24.4. The first-order chi connectivity index (χ1) is 16.9. The Kier molecular flexibility index (Phi) is 7.17. The van der Waals surface area contributed by atoms with E-state index in [1.165, 1.54) is 28.6 Å². The summed E-state index contributed by atoms with van der Waals surface area (Å²) in [7, 11) is -2.08. The molecular weight excluding hydrogens is 472 g/mol. The van der Waals surface area contributed by atoms with Crippen molar-refractivity contribution in [2.75, 3.05) is 25.5 Å². The molecule has 0 bridgehead atoms. The summed E-state index contributed by atoms with van der Waals surface area (Å²) in [4.78, 5) is 12.8. The highest BCUT2D eigenvalue weighted by Gasteiger charge is 2.23. The minimum absolute atomic E-state index is 0.0898. The third kappa shape index (κ3) is 5.05. The molecule has 0 fully saturated rings. The molecule has 10 nitrogen and oxygen atoms in total. The second-order valence-corrected chi connectivity index (χ2v) is 9.72. The van der Waals surface area contributed by atoms with Gasteiger partial charge < -0.3 is 13.6 Å². The van der Waals surface area contributed by atoms with Gasteiger partial charge in [-0.25, -0.2) is 8.42 Å². The van der Waals surface area contributed by atoms with Crippen LogP contribution in [-0.4, -0.2) is 49.0 Å². The number of para-hydroxylation sites is 1. The number of sulfonamides is 1. The minimum atomic E-state index is -3.63. The maximum Gasteiger partial charge on any atom is 0.322 e. The maximum atomic E-state index is 12.9. The highest BCUT2D eigenvalue weighted by Crippen LogP contribution is 2.33. The molecule has 0 atom stereocenters. The number of rotatable bonds is 10. The number of benzene rings is 2. The first-order valence-corrected chi connectivity index (χ1v) is 12.6. The number of aromatic nitrogens is 2. The van der Waals surface area contributed by atoms with Crippen LogP contribution in [-0.2, 0) is 10.0 Å². The lowest BCUT2D eigenvalue weighted by molar-refractivity contribution is 0.102. The third-order valence-corrected chi connectivity index (χ3v) is 7.20. The molecule has 11 heteroatoms. The Hall–Kier alpha value is -3.70. The lowest BCUT2D eigenvalue weighted by atomic mass is 10.2. The van der Waals surface area contributed by atoms with Gasteiger partial charge in [0.2, 0.25) is 10.0 Å². The third-order valence-electron chi connectivity index (χ3n) is 5.28. The minimum Gasteiger partial charge on any atom is -0.493 e. The highest BCUT2D eigenvalue weighted by molar-refractivity contribution is 7.89. The quantitative estimate of drug-likeness (QED) is 0.337. The molecule has 0 unspecified atom stereocenters. The number of ether oxygens (including phenoxy) is 1. The smallest absolute Gasteiger partial charge is 0.322 e. The van der Waals surface area contributed by atoms with Gasteiger partial charge in [0.05, 0.1) is 12.0 Å². The van der Waals surface area contributed by atoms with Gasteiger partial charge in [-0.1, -0.05) is 31.1 Å². The molecule has 0 aliphatic rings. The summed E-state index contributed by atoms with van der Waals surface area (Å²) in [6.45, 7) is 4.74. The average molecular weight is 499 g/mol. The summed E-state index contributed by atoms with van der Waals surface area (Å²) in [5, 5.41) is 11.1. The fourth-order valence-corrected chi connectivity index (χ4v) is 5.25. The Morgan fingerprint density at radius 2 is 1.74 bits per heavy atom. The Bertz CT molecular complexity index is 1420. The Balaban J connectivity index is 1.48. The topological polar surface area (TPSA) is 128 Å². The number of amides is 1. The van der Waals surface area contributed by atoms with E-state index in [1.54, 1.807) is 19.2 Å². The predicted octanol–water partition coefficient (Wildman–Crippen LogP) is 4.55. The second kappa shape index (κ2) is 10.3. The van der Waals surface area contributed by atoms with E-state index < -0.39 is 15.9 Å². The number of anilines is 1. The molecule has 4 rings (SSSR count). The lowest BCUT2D eigenvalue weighted by Crippen LogP contribution is -2.32.